The third-order valence-electron chi connectivity index (χ3n) is 4.64. The first-order valence-electron chi connectivity index (χ1n) is 7.88. The predicted molar refractivity (Wildman–Crippen MR) is 88.6 cm³/mol. The number of aromatic amines is 1. The van der Waals surface area contributed by atoms with Gasteiger partial charge in [-0.25, -0.2) is 4.98 Å². The van der Waals surface area contributed by atoms with E-state index >= 15 is 0 Å². The zero-order valence-electron chi connectivity index (χ0n) is 13.6. The Bertz CT molecular complexity index is 883. The number of hydrogen-bond acceptors (Lipinski definition) is 5. The fourth-order valence-corrected chi connectivity index (χ4v) is 3.47. The van der Waals surface area contributed by atoms with Crippen LogP contribution in [0.4, 0.5) is 0 Å². The Morgan fingerprint density at radius 3 is 2.96 bits per heavy atom. The molecule has 0 saturated carbocycles. The minimum absolute atomic E-state index is 0.0278. The molecular weight excluding hydrogens is 306 g/mol. The second-order valence-corrected chi connectivity index (χ2v) is 6.33. The van der Waals surface area contributed by atoms with Gasteiger partial charge in [0.25, 0.3) is 5.91 Å². The number of imidazole rings is 1. The van der Waals surface area contributed by atoms with Gasteiger partial charge in [-0.15, -0.1) is 0 Å². The monoisotopic (exact) mass is 325 g/mol. The average molecular weight is 325 g/mol. The van der Waals surface area contributed by atoms with Crippen molar-refractivity contribution in [2.75, 3.05) is 20.1 Å². The summed E-state index contributed by atoms with van der Waals surface area (Å²) in [6.07, 6.45) is 3.67. The van der Waals surface area contributed by atoms with Crippen LogP contribution in [0.1, 0.15) is 22.0 Å². The number of benzene rings is 1. The van der Waals surface area contributed by atoms with E-state index in [-0.39, 0.29) is 17.9 Å². The number of aryl methyl sites for hydroxylation is 1. The average Bonchev–Trinajstić information content (AvgIpc) is 3.26. The molecule has 8 nitrogen and oxygen atoms in total. The van der Waals surface area contributed by atoms with Crippen molar-refractivity contribution in [3.8, 4) is 0 Å². The van der Waals surface area contributed by atoms with Gasteiger partial charge >= 0.3 is 0 Å². The predicted octanol–water partition coefficient (Wildman–Crippen LogP) is 0.519. The molecular formula is C16H19N7O. The molecule has 8 heteroatoms. The molecule has 0 aliphatic carbocycles. The van der Waals surface area contributed by atoms with Gasteiger partial charge in [0, 0.05) is 37.9 Å². The number of para-hydroxylation sites is 1. The van der Waals surface area contributed by atoms with E-state index in [4.69, 9.17) is 0 Å². The lowest BCUT2D eigenvalue weighted by atomic mass is 9.99. The summed E-state index contributed by atoms with van der Waals surface area (Å²) in [4.78, 5) is 19.2. The van der Waals surface area contributed by atoms with E-state index in [9.17, 15) is 4.79 Å². The lowest BCUT2D eigenvalue weighted by molar-refractivity contribution is 0.0937. The van der Waals surface area contributed by atoms with Gasteiger partial charge in [-0.3, -0.25) is 4.79 Å². The number of nitrogens with one attached hydrogen (secondary N) is 2. The van der Waals surface area contributed by atoms with Crippen molar-refractivity contribution in [3.05, 3.63) is 42.0 Å². The maximum absolute atomic E-state index is 12.8. The van der Waals surface area contributed by atoms with Crippen LogP contribution in [0.3, 0.4) is 0 Å². The first kappa shape index (κ1) is 14.8. The molecule has 3 heterocycles. The molecule has 4 rings (SSSR count). The standard InChI is InChI=1S/C16H19N7O/c1-22-7-11(14-6-17-9-23(14)2)13(8-22)18-16(24)10-4-3-5-12-15(10)20-21-19-12/h3-6,9,11,13H,7-8H2,1-2H3,(H,18,24)(H,19,20,21)/t11-,13-/m1/s1. The maximum Gasteiger partial charge on any atom is 0.253 e. The summed E-state index contributed by atoms with van der Waals surface area (Å²) in [6, 6.07) is 5.45. The van der Waals surface area contributed by atoms with Crippen LogP contribution in [0, 0.1) is 0 Å². The van der Waals surface area contributed by atoms with Gasteiger partial charge in [0.2, 0.25) is 0 Å². The molecule has 2 atom stereocenters. The fraction of sp³-hybridized carbons (Fsp3) is 0.375. The molecule has 3 aromatic rings. The topological polar surface area (TPSA) is 91.7 Å². The number of H-pyrrole nitrogens is 1. The second kappa shape index (κ2) is 5.72. The highest BCUT2D eigenvalue weighted by atomic mass is 16.1. The lowest BCUT2D eigenvalue weighted by Gasteiger charge is -2.20. The molecule has 24 heavy (non-hydrogen) atoms. The van der Waals surface area contributed by atoms with Gasteiger partial charge < -0.3 is 14.8 Å². The molecule has 0 spiro atoms. The van der Waals surface area contributed by atoms with Crippen molar-refractivity contribution in [2.24, 2.45) is 7.05 Å². The quantitative estimate of drug-likeness (QED) is 0.732. The molecule has 0 radical (unpaired) electrons. The van der Waals surface area contributed by atoms with Crippen LogP contribution in [0.5, 0.6) is 0 Å². The number of rotatable bonds is 3. The first-order chi connectivity index (χ1) is 11.6. The van der Waals surface area contributed by atoms with Crippen molar-refractivity contribution in [1.29, 1.82) is 0 Å². The van der Waals surface area contributed by atoms with Crippen molar-refractivity contribution in [3.63, 3.8) is 0 Å². The molecule has 1 aliphatic rings. The Morgan fingerprint density at radius 2 is 2.17 bits per heavy atom. The van der Waals surface area contributed by atoms with Crippen molar-refractivity contribution >= 4 is 16.9 Å². The van der Waals surface area contributed by atoms with Gasteiger partial charge in [-0.1, -0.05) is 6.07 Å². The Hall–Kier alpha value is -2.74. The van der Waals surface area contributed by atoms with Gasteiger partial charge in [0.1, 0.15) is 11.0 Å². The second-order valence-electron chi connectivity index (χ2n) is 6.33. The summed E-state index contributed by atoms with van der Waals surface area (Å²) in [7, 11) is 4.05. The Kier molecular flexibility index (Phi) is 3.53. The highest BCUT2D eigenvalue weighted by Crippen LogP contribution is 2.27. The molecule has 0 bridgehead atoms. The Morgan fingerprint density at radius 1 is 1.29 bits per heavy atom. The molecule has 1 fully saturated rings. The van der Waals surface area contributed by atoms with Crippen molar-refractivity contribution < 1.29 is 4.79 Å². The SMILES string of the molecule is CN1C[C@@H](NC(=O)c2cccc3n[nH]nc23)[C@H](c2cncn2C)C1. The molecule has 1 amide bonds. The molecule has 0 unspecified atom stereocenters. The number of carbonyl (C=O) groups is 1. The van der Waals surface area contributed by atoms with Crippen molar-refractivity contribution in [2.45, 2.75) is 12.0 Å². The molecule has 2 N–H and O–H groups in total. The lowest BCUT2D eigenvalue weighted by Crippen LogP contribution is -2.40. The number of amides is 1. The van der Waals surface area contributed by atoms with E-state index in [2.05, 4.69) is 37.7 Å². The molecule has 2 aromatic heterocycles. The van der Waals surface area contributed by atoms with Crippen LogP contribution in [-0.2, 0) is 7.05 Å². The Labute approximate surface area is 138 Å². The summed E-state index contributed by atoms with van der Waals surface area (Å²) in [5, 5.41) is 13.9. The minimum atomic E-state index is -0.123. The summed E-state index contributed by atoms with van der Waals surface area (Å²) in [5.74, 6) is 0.0879. The fourth-order valence-electron chi connectivity index (χ4n) is 3.47. The third-order valence-corrected chi connectivity index (χ3v) is 4.64. The number of likely N-dealkylation sites (tertiary alicyclic amines) is 1. The van der Waals surface area contributed by atoms with Crippen LogP contribution >= 0.6 is 0 Å². The van der Waals surface area contributed by atoms with E-state index in [0.717, 1.165) is 18.8 Å². The van der Waals surface area contributed by atoms with Crippen LogP contribution in [0.25, 0.3) is 11.0 Å². The number of carbonyl (C=O) groups excluding carboxylic acids is 1. The van der Waals surface area contributed by atoms with E-state index in [0.29, 0.717) is 16.6 Å². The van der Waals surface area contributed by atoms with Gasteiger partial charge in [0.05, 0.1) is 17.9 Å². The number of aromatic nitrogens is 5. The summed E-state index contributed by atoms with van der Waals surface area (Å²) >= 11 is 0. The first-order valence-corrected chi connectivity index (χ1v) is 7.88. The molecule has 1 saturated heterocycles. The summed E-state index contributed by atoms with van der Waals surface area (Å²) in [6.45, 7) is 1.69. The zero-order valence-corrected chi connectivity index (χ0v) is 13.6. The van der Waals surface area contributed by atoms with Crippen LogP contribution in [0.15, 0.2) is 30.7 Å². The summed E-state index contributed by atoms with van der Waals surface area (Å²) in [5.41, 5.74) is 2.96. The van der Waals surface area contributed by atoms with E-state index < -0.39 is 0 Å². The van der Waals surface area contributed by atoms with E-state index in [1.807, 2.05) is 29.9 Å². The van der Waals surface area contributed by atoms with E-state index in [1.165, 1.54) is 0 Å². The highest BCUT2D eigenvalue weighted by Gasteiger charge is 2.35. The molecule has 124 valence electrons. The van der Waals surface area contributed by atoms with Gasteiger partial charge in [0.15, 0.2) is 0 Å². The molecule has 1 aliphatic heterocycles. The highest BCUT2D eigenvalue weighted by molar-refractivity contribution is 6.04. The minimum Gasteiger partial charge on any atom is -0.347 e. The number of likely N-dealkylation sites (N-methyl/N-ethyl adjacent to an activating group) is 1. The van der Waals surface area contributed by atoms with Crippen molar-refractivity contribution in [1.82, 2.24) is 35.2 Å². The number of hydrogen-bond donors (Lipinski definition) is 2. The van der Waals surface area contributed by atoms with Crippen LogP contribution in [-0.4, -0.2) is 61.9 Å². The maximum atomic E-state index is 12.8. The van der Waals surface area contributed by atoms with Gasteiger partial charge in [-0.2, -0.15) is 15.4 Å². The van der Waals surface area contributed by atoms with Crippen LogP contribution in [0.2, 0.25) is 0 Å². The van der Waals surface area contributed by atoms with Crippen LogP contribution < -0.4 is 5.32 Å². The number of nitrogens with zero attached hydrogens (tertiary/aromatic N) is 5. The smallest absolute Gasteiger partial charge is 0.253 e. The largest absolute Gasteiger partial charge is 0.347 e. The Balaban J connectivity index is 1.60. The normalized spacial score (nSPS) is 21.4. The zero-order chi connectivity index (χ0) is 16.7. The molecule has 1 aromatic carbocycles. The number of fused-ring (bicyclic) bond motifs is 1. The van der Waals surface area contributed by atoms with E-state index in [1.54, 1.807) is 12.4 Å². The van der Waals surface area contributed by atoms with Gasteiger partial charge in [-0.05, 0) is 19.2 Å². The summed E-state index contributed by atoms with van der Waals surface area (Å²) < 4.78 is 2.02. The third kappa shape index (κ3) is 2.44.